The number of nitrogens with zero attached hydrogens (tertiary/aromatic N) is 5. The first-order valence-corrected chi connectivity index (χ1v) is 10.7. The van der Waals surface area contributed by atoms with Crippen molar-refractivity contribution in [2.24, 2.45) is 12.0 Å². The highest BCUT2D eigenvalue weighted by atomic mass is 32.2. The first-order valence-electron chi connectivity index (χ1n) is 9.34. The SMILES string of the molecule is CCNC(=NCCS(=O)c1ccccc1)N1CCN(c2cnn(C)c2)C(=O)C1. The van der Waals surface area contributed by atoms with E-state index < -0.39 is 10.8 Å². The van der Waals surface area contributed by atoms with E-state index in [1.807, 2.05) is 55.4 Å². The molecule has 150 valence electrons. The number of aromatic nitrogens is 2. The van der Waals surface area contributed by atoms with Crippen LogP contribution in [0.25, 0.3) is 0 Å². The highest BCUT2D eigenvalue weighted by Crippen LogP contribution is 2.16. The summed E-state index contributed by atoms with van der Waals surface area (Å²) >= 11 is 0. The molecule has 0 spiro atoms. The van der Waals surface area contributed by atoms with Gasteiger partial charge in [-0.25, -0.2) is 0 Å². The zero-order valence-corrected chi connectivity index (χ0v) is 17.1. The number of piperazine rings is 1. The molecule has 1 amide bonds. The van der Waals surface area contributed by atoms with Crippen LogP contribution in [0.4, 0.5) is 5.69 Å². The predicted octanol–water partition coefficient (Wildman–Crippen LogP) is 0.842. The van der Waals surface area contributed by atoms with E-state index in [0.717, 1.165) is 10.6 Å². The Morgan fingerprint density at radius 3 is 2.71 bits per heavy atom. The summed E-state index contributed by atoms with van der Waals surface area (Å²) in [6.45, 7) is 4.63. The van der Waals surface area contributed by atoms with Crippen LogP contribution in [0.3, 0.4) is 0 Å². The Morgan fingerprint density at radius 1 is 1.29 bits per heavy atom. The molecule has 28 heavy (non-hydrogen) atoms. The maximum atomic E-state index is 12.6. The largest absolute Gasteiger partial charge is 0.357 e. The lowest BCUT2D eigenvalue weighted by Crippen LogP contribution is -2.55. The summed E-state index contributed by atoms with van der Waals surface area (Å²) in [5, 5.41) is 7.37. The molecule has 1 N–H and O–H groups in total. The van der Waals surface area contributed by atoms with E-state index >= 15 is 0 Å². The van der Waals surface area contributed by atoms with Crippen molar-refractivity contribution in [3.8, 4) is 0 Å². The minimum absolute atomic E-state index is 0.0118. The fraction of sp³-hybridized carbons (Fsp3) is 0.421. The van der Waals surface area contributed by atoms with Gasteiger partial charge in [0.1, 0.15) is 6.54 Å². The molecular formula is C19H26N6O2S. The fourth-order valence-corrected chi connectivity index (χ4v) is 3.98. The monoisotopic (exact) mass is 402 g/mol. The molecule has 0 saturated carbocycles. The fourth-order valence-electron chi connectivity index (χ4n) is 3.03. The van der Waals surface area contributed by atoms with Gasteiger partial charge in [0.05, 0.1) is 29.2 Å². The number of amides is 1. The third-order valence-electron chi connectivity index (χ3n) is 4.40. The van der Waals surface area contributed by atoms with Crippen LogP contribution in [0.15, 0.2) is 52.6 Å². The molecule has 8 nitrogen and oxygen atoms in total. The summed E-state index contributed by atoms with van der Waals surface area (Å²) < 4.78 is 14.0. The van der Waals surface area contributed by atoms with Gasteiger partial charge in [-0.1, -0.05) is 18.2 Å². The van der Waals surface area contributed by atoms with Crippen molar-refractivity contribution < 1.29 is 9.00 Å². The standard InChI is InChI=1S/C19H26N6O2S/c1-3-20-19(21-9-12-28(27)17-7-5-4-6-8-17)24-10-11-25(18(26)15-24)16-13-22-23(2)14-16/h4-8,13-14H,3,9-12,15H2,1-2H3,(H,20,21). The van der Waals surface area contributed by atoms with E-state index in [1.165, 1.54) is 0 Å². The van der Waals surface area contributed by atoms with Gasteiger partial charge in [-0.3, -0.25) is 18.7 Å². The van der Waals surface area contributed by atoms with E-state index in [-0.39, 0.29) is 12.5 Å². The van der Waals surface area contributed by atoms with Gasteiger partial charge in [-0.15, -0.1) is 0 Å². The molecule has 1 atom stereocenters. The van der Waals surface area contributed by atoms with Gasteiger partial charge < -0.3 is 15.1 Å². The molecule has 1 aliphatic rings. The number of hydrogen-bond donors (Lipinski definition) is 1. The van der Waals surface area contributed by atoms with Gasteiger partial charge in [0.25, 0.3) is 0 Å². The van der Waals surface area contributed by atoms with E-state index in [4.69, 9.17) is 0 Å². The summed E-state index contributed by atoms with van der Waals surface area (Å²) in [6.07, 6.45) is 3.54. The van der Waals surface area contributed by atoms with Crippen LogP contribution >= 0.6 is 0 Å². The Balaban J connectivity index is 1.60. The Bertz CT molecular complexity index is 851. The van der Waals surface area contributed by atoms with Gasteiger partial charge in [-0.05, 0) is 19.1 Å². The molecule has 2 heterocycles. The van der Waals surface area contributed by atoms with Gasteiger partial charge in [-0.2, -0.15) is 5.10 Å². The quantitative estimate of drug-likeness (QED) is 0.572. The highest BCUT2D eigenvalue weighted by Gasteiger charge is 2.27. The van der Waals surface area contributed by atoms with E-state index in [1.54, 1.807) is 15.8 Å². The first-order chi connectivity index (χ1) is 13.6. The van der Waals surface area contributed by atoms with E-state index in [0.29, 0.717) is 37.9 Å². The van der Waals surface area contributed by atoms with Crippen molar-refractivity contribution in [2.75, 3.05) is 43.4 Å². The summed E-state index contributed by atoms with van der Waals surface area (Å²) in [7, 11) is 0.751. The number of aliphatic imine (C=N–C) groups is 1. The second-order valence-electron chi connectivity index (χ2n) is 6.44. The summed E-state index contributed by atoms with van der Waals surface area (Å²) in [5.74, 6) is 1.15. The average molecular weight is 403 g/mol. The minimum atomic E-state index is -1.08. The van der Waals surface area contributed by atoms with Crippen LogP contribution in [0.5, 0.6) is 0 Å². The summed E-state index contributed by atoms with van der Waals surface area (Å²) in [6, 6.07) is 9.40. The average Bonchev–Trinajstić information content (AvgIpc) is 3.13. The van der Waals surface area contributed by atoms with Crippen molar-refractivity contribution in [3.63, 3.8) is 0 Å². The lowest BCUT2D eigenvalue weighted by Gasteiger charge is -2.35. The zero-order valence-electron chi connectivity index (χ0n) is 16.2. The number of benzene rings is 1. The number of rotatable bonds is 6. The van der Waals surface area contributed by atoms with Crippen molar-refractivity contribution >= 4 is 28.4 Å². The van der Waals surface area contributed by atoms with Gasteiger partial charge in [0, 0.05) is 43.5 Å². The van der Waals surface area contributed by atoms with Crippen molar-refractivity contribution in [2.45, 2.75) is 11.8 Å². The Hall–Kier alpha value is -2.68. The Kier molecular flexibility index (Phi) is 6.80. The summed E-state index contributed by atoms with van der Waals surface area (Å²) in [4.78, 5) is 21.7. The van der Waals surface area contributed by atoms with Crippen LogP contribution in [0.2, 0.25) is 0 Å². The Morgan fingerprint density at radius 2 is 2.07 bits per heavy atom. The van der Waals surface area contributed by atoms with Crippen molar-refractivity contribution in [3.05, 3.63) is 42.7 Å². The van der Waals surface area contributed by atoms with Crippen LogP contribution in [0.1, 0.15) is 6.92 Å². The Labute approximate surface area is 167 Å². The molecule has 1 saturated heterocycles. The second kappa shape index (κ2) is 9.50. The zero-order chi connectivity index (χ0) is 19.9. The third-order valence-corrected chi connectivity index (χ3v) is 5.75. The number of nitrogens with one attached hydrogen (secondary N) is 1. The maximum Gasteiger partial charge on any atom is 0.246 e. The molecule has 1 fully saturated rings. The van der Waals surface area contributed by atoms with Crippen molar-refractivity contribution in [1.82, 2.24) is 20.0 Å². The molecule has 1 aliphatic heterocycles. The topological polar surface area (TPSA) is 82.8 Å². The molecule has 1 unspecified atom stereocenters. The molecule has 0 aliphatic carbocycles. The van der Waals surface area contributed by atoms with Gasteiger partial charge in [0.2, 0.25) is 5.91 Å². The van der Waals surface area contributed by atoms with Crippen LogP contribution in [-0.2, 0) is 22.6 Å². The predicted molar refractivity (Wildman–Crippen MR) is 111 cm³/mol. The lowest BCUT2D eigenvalue weighted by molar-refractivity contribution is -0.120. The van der Waals surface area contributed by atoms with E-state index in [9.17, 15) is 9.00 Å². The molecule has 9 heteroatoms. The number of hydrogen-bond acceptors (Lipinski definition) is 4. The molecule has 0 bridgehead atoms. The normalized spacial score (nSPS) is 16.4. The number of carbonyl (C=O) groups is 1. The number of anilines is 1. The van der Waals surface area contributed by atoms with Gasteiger partial charge >= 0.3 is 0 Å². The van der Waals surface area contributed by atoms with Crippen molar-refractivity contribution in [1.29, 1.82) is 0 Å². The molecular weight excluding hydrogens is 376 g/mol. The summed E-state index contributed by atoms with van der Waals surface area (Å²) in [5.41, 5.74) is 0.812. The smallest absolute Gasteiger partial charge is 0.246 e. The third kappa shape index (κ3) is 4.98. The first kappa shape index (κ1) is 20.1. The van der Waals surface area contributed by atoms with E-state index in [2.05, 4.69) is 15.4 Å². The maximum absolute atomic E-state index is 12.6. The molecule has 3 rings (SSSR count). The van der Waals surface area contributed by atoms with Crippen LogP contribution < -0.4 is 10.2 Å². The van der Waals surface area contributed by atoms with Crippen LogP contribution in [-0.4, -0.2) is 69.2 Å². The molecule has 1 aromatic carbocycles. The van der Waals surface area contributed by atoms with Crippen LogP contribution in [0, 0.1) is 0 Å². The number of carbonyl (C=O) groups excluding carboxylic acids is 1. The molecule has 2 aromatic rings. The molecule has 1 aromatic heterocycles. The second-order valence-corrected chi connectivity index (χ2v) is 8.01. The number of aryl methyl sites for hydroxylation is 1. The molecule has 0 radical (unpaired) electrons. The lowest BCUT2D eigenvalue weighted by atomic mass is 10.3. The highest BCUT2D eigenvalue weighted by molar-refractivity contribution is 7.85. The minimum Gasteiger partial charge on any atom is -0.357 e. The van der Waals surface area contributed by atoms with Gasteiger partial charge in [0.15, 0.2) is 5.96 Å². The number of guanidine groups is 1.